The molecular weight excluding hydrogens is 290 g/mol. The highest BCUT2D eigenvalue weighted by Gasteiger charge is 2.37. The van der Waals surface area contributed by atoms with Gasteiger partial charge in [-0.25, -0.2) is 0 Å². The average molecular weight is 306 g/mol. The van der Waals surface area contributed by atoms with E-state index < -0.39 is 0 Å². The summed E-state index contributed by atoms with van der Waals surface area (Å²) in [7, 11) is 2.07. The summed E-state index contributed by atoms with van der Waals surface area (Å²) in [5.74, 6) is 0.566. The highest BCUT2D eigenvalue weighted by molar-refractivity contribution is 7.12. The van der Waals surface area contributed by atoms with Crippen LogP contribution in [0.4, 0.5) is 0 Å². The molecule has 0 aliphatic carbocycles. The van der Waals surface area contributed by atoms with Crippen molar-refractivity contribution >= 4 is 28.7 Å². The molecule has 1 saturated heterocycles. The van der Waals surface area contributed by atoms with Crippen molar-refractivity contribution in [1.29, 1.82) is 0 Å². The van der Waals surface area contributed by atoms with Crippen molar-refractivity contribution in [3.05, 3.63) is 57.2 Å². The third-order valence-electron chi connectivity index (χ3n) is 3.90. The molecule has 1 aromatic carbocycles. The maximum absolute atomic E-state index is 12.7. The Bertz CT molecular complexity index is 593. The SMILES string of the molecule is CN1C[C@H](C(=O)c2cccs2)[C@@H](c2ccc(Cl)cc2)C1. The highest BCUT2D eigenvalue weighted by atomic mass is 35.5. The van der Waals surface area contributed by atoms with E-state index >= 15 is 0 Å². The second kappa shape index (κ2) is 5.68. The number of halogens is 1. The van der Waals surface area contributed by atoms with Gasteiger partial charge in [-0.3, -0.25) is 4.79 Å². The van der Waals surface area contributed by atoms with Crippen LogP contribution >= 0.6 is 22.9 Å². The normalized spacial score (nSPS) is 23.1. The molecule has 0 spiro atoms. The summed E-state index contributed by atoms with van der Waals surface area (Å²) < 4.78 is 0. The van der Waals surface area contributed by atoms with Crippen LogP contribution in [0.1, 0.15) is 21.2 Å². The van der Waals surface area contributed by atoms with Gasteiger partial charge in [0.05, 0.1) is 4.88 Å². The molecule has 3 rings (SSSR count). The third kappa shape index (κ3) is 2.66. The Morgan fingerprint density at radius 2 is 2.00 bits per heavy atom. The van der Waals surface area contributed by atoms with Gasteiger partial charge in [-0.1, -0.05) is 29.8 Å². The first-order chi connectivity index (χ1) is 9.65. The van der Waals surface area contributed by atoms with Crippen molar-refractivity contribution < 1.29 is 4.79 Å². The predicted octanol–water partition coefficient (Wildman–Crippen LogP) is 3.93. The Kier molecular flexibility index (Phi) is 3.92. The van der Waals surface area contributed by atoms with Crippen molar-refractivity contribution in [2.45, 2.75) is 5.92 Å². The van der Waals surface area contributed by atoms with E-state index in [0.29, 0.717) is 0 Å². The van der Waals surface area contributed by atoms with E-state index in [1.807, 2.05) is 41.8 Å². The Hall–Kier alpha value is -1.16. The third-order valence-corrected chi connectivity index (χ3v) is 5.04. The van der Waals surface area contributed by atoms with Gasteiger partial charge < -0.3 is 4.90 Å². The van der Waals surface area contributed by atoms with Crippen molar-refractivity contribution in [3.63, 3.8) is 0 Å². The highest BCUT2D eigenvalue weighted by Crippen LogP contribution is 2.35. The maximum atomic E-state index is 12.7. The summed E-state index contributed by atoms with van der Waals surface area (Å²) in [5.41, 5.74) is 1.20. The van der Waals surface area contributed by atoms with Crippen LogP contribution in [0.2, 0.25) is 5.02 Å². The van der Waals surface area contributed by atoms with Crippen molar-refractivity contribution in [1.82, 2.24) is 4.90 Å². The van der Waals surface area contributed by atoms with Crippen molar-refractivity contribution in [3.8, 4) is 0 Å². The molecule has 0 bridgehead atoms. The Morgan fingerprint density at radius 3 is 2.65 bits per heavy atom. The lowest BCUT2D eigenvalue weighted by molar-refractivity contribution is 0.0920. The molecule has 0 radical (unpaired) electrons. The summed E-state index contributed by atoms with van der Waals surface area (Å²) in [6.07, 6.45) is 0. The molecule has 2 atom stereocenters. The molecule has 4 heteroatoms. The first-order valence-electron chi connectivity index (χ1n) is 6.67. The number of nitrogens with zero attached hydrogens (tertiary/aromatic N) is 1. The van der Waals surface area contributed by atoms with Crippen LogP contribution in [0.25, 0.3) is 0 Å². The van der Waals surface area contributed by atoms with E-state index in [-0.39, 0.29) is 17.6 Å². The lowest BCUT2D eigenvalue weighted by Crippen LogP contribution is -2.21. The molecule has 1 fully saturated rings. The molecule has 2 heterocycles. The van der Waals surface area contributed by atoms with Gasteiger partial charge in [0.15, 0.2) is 5.78 Å². The molecule has 104 valence electrons. The molecule has 1 aliphatic heterocycles. The zero-order valence-electron chi connectivity index (χ0n) is 11.3. The van der Waals surface area contributed by atoms with Crippen molar-refractivity contribution in [2.24, 2.45) is 5.92 Å². The average Bonchev–Trinajstić information content (AvgIpc) is 3.08. The van der Waals surface area contributed by atoms with E-state index in [1.54, 1.807) is 0 Å². The number of rotatable bonds is 3. The number of likely N-dealkylation sites (N-methyl/N-ethyl adjacent to an activating group) is 1. The van der Waals surface area contributed by atoms with Gasteiger partial charge in [-0.05, 0) is 36.2 Å². The Morgan fingerprint density at radius 1 is 1.25 bits per heavy atom. The molecule has 1 aromatic heterocycles. The molecule has 2 aromatic rings. The lowest BCUT2D eigenvalue weighted by atomic mass is 9.85. The Balaban J connectivity index is 1.89. The number of carbonyl (C=O) groups is 1. The van der Waals surface area contributed by atoms with E-state index in [4.69, 9.17) is 11.6 Å². The van der Waals surface area contributed by atoms with Crippen LogP contribution in [0.15, 0.2) is 41.8 Å². The molecule has 0 saturated carbocycles. The van der Waals surface area contributed by atoms with Gasteiger partial charge in [0.1, 0.15) is 0 Å². The predicted molar refractivity (Wildman–Crippen MR) is 83.8 cm³/mol. The number of carbonyl (C=O) groups excluding carboxylic acids is 1. The molecule has 0 amide bonds. The minimum Gasteiger partial charge on any atom is -0.305 e. The lowest BCUT2D eigenvalue weighted by Gasteiger charge is -2.17. The topological polar surface area (TPSA) is 20.3 Å². The quantitative estimate of drug-likeness (QED) is 0.801. The summed E-state index contributed by atoms with van der Waals surface area (Å²) in [5, 5.41) is 2.70. The van der Waals surface area contributed by atoms with Crippen molar-refractivity contribution in [2.75, 3.05) is 20.1 Å². The van der Waals surface area contributed by atoms with Crippen LogP contribution in [-0.2, 0) is 0 Å². The fourth-order valence-corrected chi connectivity index (χ4v) is 3.77. The second-order valence-electron chi connectivity index (χ2n) is 5.33. The second-order valence-corrected chi connectivity index (χ2v) is 6.71. The molecule has 0 N–H and O–H groups in total. The first kappa shape index (κ1) is 13.8. The minimum atomic E-state index is 0.0415. The van der Waals surface area contributed by atoms with Crippen LogP contribution < -0.4 is 0 Å². The molecule has 2 nitrogen and oxygen atoms in total. The molecular formula is C16H16ClNOS. The molecule has 20 heavy (non-hydrogen) atoms. The molecule has 1 aliphatic rings. The number of hydrogen-bond donors (Lipinski definition) is 0. The number of hydrogen-bond acceptors (Lipinski definition) is 3. The Labute approximate surface area is 128 Å². The fraction of sp³-hybridized carbons (Fsp3) is 0.312. The van der Waals surface area contributed by atoms with Crippen LogP contribution in [0.5, 0.6) is 0 Å². The number of ketones is 1. The van der Waals surface area contributed by atoms with Gasteiger partial charge >= 0.3 is 0 Å². The van der Waals surface area contributed by atoms with E-state index in [2.05, 4.69) is 11.9 Å². The molecule has 0 unspecified atom stereocenters. The summed E-state index contributed by atoms with van der Waals surface area (Å²) in [4.78, 5) is 15.8. The summed E-state index contributed by atoms with van der Waals surface area (Å²) >= 11 is 7.48. The largest absolute Gasteiger partial charge is 0.305 e. The monoisotopic (exact) mass is 305 g/mol. The first-order valence-corrected chi connectivity index (χ1v) is 7.92. The smallest absolute Gasteiger partial charge is 0.177 e. The zero-order chi connectivity index (χ0) is 14.1. The van der Waals surface area contributed by atoms with Crippen LogP contribution in [0.3, 0.4) is 0 Å². The standard InChI is InChI=1S/C16H16ClNOS/c1-18-9-13(11-4-6-12(17)7-5-11)14(10-18)16(19)15-3-2-8-20-15/h2-8,13-14H,9-10H2,1H3/t13-,14+/m1/s1. The van der Waals surface area contributed by atoms with E-state index in [9.17, 15) is 4.79 Å². The van der Waals surface area contributed by atoms with E-state index in [1.165, 1.54) is 16.9 Å². The minimum absolute atomic E-state index is 0.0415. The van der Waals surface area contributed by atoms with Gasteiger partial charge in [0.25, 0.3) is 0 Å². The van der Waals surface area contributed by atoms with Gasteiger partial charge in [-0.2, -0.15) is 0 Å². The fourth-order valence-electron chi connectivity index (χ4n) is 2.92. The van der Waals surface area contributed by atoms with Gasteiger partial charge in [0.2, 0.25) is 0 Å². The van der Waals surface area contributed by atoms with Gasteiger partial charge in [0, 0.05) is 29.9 Å². The number of Topliss-reactive ketones (excluding diaryl/α,β-unsaturated/α-hetero) is 1. The number of thiophene rings is 1. The zero-order valence-corrected chi connectivity index (χ0v) is 12.8. The maximum Gasteiger partial charge on any atom is 0.177 e. The van der Waals surface area contributed by atoms with Crippen LogP contribution in [0, 0.1) is 5.92 Å². The summed E-state index contributed by atoms with van der Waals surface area (Å²) in [6.45, 7) is 1.74. The number of benzene rings is 1. The van der Waals surface area contributed by atoms with Crippen LogP contribution in [-0.4, -0.2) is 30.8 Å². The number of likely N-dealkylation sites (tertiary alicyclic amines) is 1. The summed E-state index contributed by atoms with van der Waals surface area (Å²) in [6, 6.07) is 11.8. The van der Waals surface area contributed by atoms with Gasteiger partial charge in [-0.15, -0.1) is 11.3 Å². The van der Waals surface area contributed by atoms with E-state index in [0.717, 1.165) is 23.0 Å².